The van der Waals surface area contributed by atoms with Gasteiger partial charge in [-0.25, -0.2) is 4.99 Å². The lowest BCUT2D eigenvalue weighted by molar-refractivity contribution is 0.756. The highest BCUT2D eigenvalue weighted by atomic mass is 15.0. The molecule has 1 aliphatic heterocycles. The van der Waals surface area contributed by atoms with Crippen LogP contribution in [-0.2, 0) is 0 Å². The molecule has 3 nitrogen and oxygen atoms in total. The molecule has 0 bridgehead atoms. The van der Waals surface area contributed by atoms with E-state index in [1.54, 1.807) is 18.4 Å². The second-order valence-electron chi connectivity index (χ2n) is 5.06. The predicted molar refractivity (Wildman–Crippen MR) is 94.3 cm³/mol. The topological polar surface area (TPSA) is 50.4 Å². The summed E-state index contributed by atoms with van der Waals surface area (Å²) in [6.07, 6.45) is 7.28. The molecule has 1 heterocycles. The minimum absolute atomic E-state index is 0.203. The minimum Gasteiger partial charge on any atom is -0.386 e. The van der Waals surface area contributed by atoms with Crippen molar-refractivity contribution in [2.24, 2.45) is 10.7 Å². The van der Waals surface area contributed by atoms with Crippen molar-refractivity contribution < 1.29 is 0 Å². The minimum atomic E-state index is 0.203. The molecule has 0 amide bonds. The Kier molecular flexibility index (Phi) is 5.76. The monoisotopic (exact) mass is 291 g/mol. The van der Waals surface area contributed by atoms with Crippen LogP contribution in [0.5, 0.6) is 0 Å². The number of amidine groups is 1. The Morgan fingerprint density at radius 2 is 2.23 bits per heavy atom. The van der Waals surface area contributed by atoms with Gasteiger partial charge in [-0.05, 0) is 36.6 Å². The molecule has 0 spiro atoms. The maximum Gasteiger partial charge on any atom is 0.116 e. The van der Waals surface area contributed by atoms with E-state index in [2.05, 4.69) is 35.3 Å². The van der Waals surface area contributed by atoms with Crippen molar-refractivity contribution in [3.63, 3.8) is 0 Å². The van der Waals surface area contributed by atoms with Crippen molar-refractivity contribution >= 4 is 11.4 Å². The summed E-state index contributed by atoms with van der Waals surface area (Å²) in [6.45, 7) is 8.72. The molecule has 0 aliphatic carbocycles. The van der Waals surface area contributed by atoms with E-state index in [1.807, 2.05) is 24.3 Å². The first-order chi connectivity index (χ1) is 10.7. The smallest absolute Gasteiger partial charge is 0.116 e. The molecular weight excluding hydrogens is 270 g/mol. The molecule has 3 heteroatoms. The lowest BCUT2D eigenvalue weighted by Crippen LogP contribution is -2.36. The summed E-state index contributed by atoms with van der Waals surface area (Å²) >= 11 is 0. The summed E-state index contributed by atoms with van der Waals surface area (Å²) in [5, 5.41) is 3.30. The van der Waals surface area contributed by atoms with Gasteiger partial charge in [-0.3, -0.25) is 0 Å². The molecule has 22 heavy (non-hydrogen) atoms. The van der Waals surface area contributed by atoms with Gasteiger partial charge in [-0.1, -0.05) is 49.3 Å². The first-order valence-corrected chi connectivity index (χ1v) is 7.36. The van der Waals surface area contributed by atoms with Gasteiger partial charge in [0.2, 0.25) is 0 Å². The molecule has 1 aromatic carbocycles. The molecule has 0 saturated carbocycles. The summed E-state index contributed by atoms with van der Waals surface area (Å²) in [5.41, 5.74) is 8.70. The molecule has 2 rings (SSSR count). The molecule has 3 N–H and O–H groups in total. The third-order valence-electron chi connectivity index (χ3n) is 3.53. The van der Waals surface area contributed by atoms with Crippen molar-refractivity contribution in [1.29, 1.82) is 0 Å². The number of allylic oxidation sites excluding steroid dienone is 3. The van der Waals surface area contributed by atoms with Crippen molar-refractivity contribution in [1.82, 2.24) is 5.32 Å². The fourth-order valence-electron chi connectivity index (χ4n) is 2.29. The van der Waals surface area contributed by atoms with Gasteiger partial charge in [0, 0.05) is 17.8 Å². The zero-order valence-corrected chi connectivity index (χ0v) is 12.7. The summed E-state index contributed by atoms with van der Waals surface area (Å²) in [5.74, 6) is 6.70. The number of rotatable bonds is 4. The molecule has 1 saturated heterocycles. The molecular formula is C19H21N3. The summed E-state index contributed by atoms with van der Waals surface area (Å²) < 4.78 is 0. The quantitative estimate of drug-likeness (QED) is 0.388. The van der Waals surface area contributed by atoms with Gasteiger partial charge < -0.3 is 11.1 Å². The number of hydrogen-bond acceptors (Lipinski definition) is 2. The van der Waals surface area contributed by atoms with Gasteiger partial charge in [0.25, 0.3) is 0 Å². The SMILES string of the molecule is C=CC(=C)c1ccccc1C#C/C=C/N=C(N)C1CCCN1. The first kappa shape index (κ1) is 15.8. The van der Waals surface area contributed by atoms with Crippen molar-refractivity contribution in [3.8, 4) is 11.8 Å². The Morgan fingerprint density at radius 1 is 1.41 bits per heavy atom. The third-order valence-corrected chi connectivity index (χ3v) is 3.53. The van der Waals surface area contributed by atoms with E-state index in [0.717, 1.165) is 36.1 Å². The largest absolute Gasteiger partial charge is 0.386 e. The molecule has 0 radical (unpaired) electrons. The van der Waals surface area contributed by atoms with E-state index in [-0.39, 0.29) is 6.04 Å². The Hall–Kier alpha value is -2.57. The maximum atomic E-state index is 5.92. The number of nitrogens with zero attached hydrogens (tertiary/aromatic N) is 1. The van der Waals surface area contributed by atoms with E-state index in [4.69, 9.17) is 5.73 Å². The number of aliphatic imine (C=N–C) groups is 1. The van der Waals surface area contributed by atoms with Gasteiger partial charge in [-0.15, -0.1) is 0 Å². The van der Waals surface area contributed by atoms with Crippen LogP contribution >= 0.6 is 0 Å². The van der Waals surface area contributed by atoms with Crippen LogP contribution in [0.4, 0.5) is 0 Å². The van der Waals surface area contributed by atoms with Crippen LogP contribution in [-0.4, -0.2) is 18.4 Å². The highest BCUT2D eigenvalue weighted by Crippen LogP contribution is 2.17. The van der Waals surface area contributed by atoms with Gasteiger partial charge in [0.05, 0.1) is 6.04 Å². The lowest BCUT2D eigenvalue weighted by Gasteiger charge is -2.07. The summed E-state index contributed by atoms with van der Waals surface area (Å²) in [6, 6.07) is 8.07. The molecule has 1 unspecified atom stereocenters. The molecule has 0 aromatic heterocycles. The van der Waals surface area contributed by atoms with Crippen LogP contribution < -0.4 is 11.1 Å². The van der Waals surface area contributed by atoms with Crippen LogP contribution in [0.25, 0.3) is 5.57 Å². The van der Waals surface area contributed by atoms with Gasteiger partial charge in [0.1, 0.15) is 5.84 Å². The third kappa shape index (κ3) is 4.21. The van der Waals surface area contributed by atoms with Crippen LogP contribution in [0, 0.1) is 11.8 Å². The van der Waals surface area contributed by atoms with Crippen LogP contribution in [0.3, 0.4) is 0 Å². The van der Waals surface area contributed by atoms with Crippen LogP contribution in [0.1, 0.15) is 24.0 Å². The molecule has 112 valence electrons. The van der Waals surface area contributed by atoms with E-state index in [9.17, 15) is 0 Å². The average Bonchev–Trinajstić information content (AvgIpc) is 3.08. The van der Waals surface area contributed by atoms with Crippen molar-refractivity contribution in [2.75, 3.05) is 6.54 Å². The van der Waals surface area contributed by atoms with E-state index in [0.29, 0.717) is 5.84 Å². The maximum absolute atomic E-state index is 5.92. The predicted octanol–water partition coefficient (Wildman–Crippen LogP) is 2.86. The van der Waals surface area contributed by atoms with E-state index >= 15 is 0 Å². The zero-order valence-electron chi connectivity index (χ0n) is 12.7. The standard InChI is InChI=1S/C19H21N3/c1-3-15(2)17-11-5-4-9-16(17)10-6-7-13-22-19(20)18-12-8-14-21-18/h3-5,7,9,11,13,18,21H,1-2,8,12,14H2,(H2,20,22)/b13-7+. The van der Waals surface area contributed by atoms with Crippen molar-refractivity contribution in [3.05, 3.63) is 66.9 Å². The molecule has 1 atom stereocenters. The Balaban J connectivity index is 2.05. The zero-order chi connectivity index (χ0) is 15.8. The Morgan fingerprint density at radius 3 is 2.95 bits per heavy atom. The summed E-state index contributed by atoms with van der Waals surface area (Å²) in [4.78, 5) is 4.23. The highest BCUT2D eigenvalue weighted by molar-refractivity contribution is 5.86. The molecule has 1 fully saturated rings. The van der Waals surface area contributed by atoms with Gasteiger partial charge in [-0.2, -0.15) is 0 Å². The number of benzene rings is 1. The van der Waals surface area contributed by atoms with Crippen LogP contribution in [0.15, 0.2) is 60.8 Å². The fourth-order valence-corrected chi connectivity index (χ4v) is 2.29. The molecule has 1 aromatic rings. The van der Waals surface area contributed by atoms with Crippen molar-refractivity contribution in [2.45, 2.75) is 18.9 Å². The average molecular weight is 291 g/mol. The normalized spacial score (nSPS) is 18.0. The van der Waals surface area contributed by atoms with Gasteiger partial charge >= 0.3 is 0 Å². The Bertz CT molecular complexity index is 665. The van der Waals surface area contributed by atoms with E-state index in [1.165, 1.54) is 0 Å². The second kappa shape index (κ2) is 8.02. The first-order valence-electron chi connectivity index (χ1n) is 7.36. The van der Waals surface area contributed by atoms with Crippen LogP contribution in [0.2, 0.25) is 0 Å². The highest BCUT2D eigenvalue weighted by Gasteiger charge is 2.16. The van der Waals surface area contributed by atoms with E-state index < -0.39 is 0 Å². The molecule has 1 aliphatic rings. The van der Waals surface area contributed by atoms with Gasteiger partial charge in [0.15, 0.2) is 0 Å². The lowest BCUT2D eigenvalue weighted by atomic mass is 10.0. The number of nitrogens with two attached hydrogens (primary N) is 1. The fraction of sp³-hybridized carbons (Fsp3) is 0.211. The second-order valence-corrected chi connectivity index (χ2v) is 5.06. The number of hydrogen-bond donors (Lipinski definition) is 2. The Labute approximate surface area is 132 Å². The number of nitrogens with one attached hydrogen (secondary N) is 1. The summed E-state index contributed by atoms with van der Waals surface area (Å²) in [7, 11) is 0.